The third kappa shape index (κ3) is 5.90. The second-order valence-electron chi connectivity index (χ2n) is 9.65. The number of hydrogen-bond donors (Lipinski definition) is 0. The zero-order valence-electron chi connectivity index (χ0n) is 19.3. The molecule has 3 rings (SSSR count). The van der Waals surface area contributed by atoms with Gasteiger partial charge in [0.25, 0.3) is 0 Å². The zero-order chi connectivity index (χ0) is 23.7. The predicted molar refractivity (Wildman–Crippen MR) is 140 cm³/mol. The lowest BCUT2D eigenvalue weighted by Gasteiger charge is -2.18. The fourth-order valence-electron chi connectivity index (χ4n) is 3.06. The van der Waals surface area contributed by atoms with Crippen molar-refractivity contribution in [3.63, 3.8) is 0 Å². The molecule has 0 unspecified atom stereocenters. The summed E-state index contributed by atoms with van der Waals surface area (Å²) in [6, 6.07) is 9.53. The van der Waals surface area contributed by atoms with Crippen LogP contribution in [0.25, 0.3) is 16.3 Å². The fraction of sp³-hybridized carbons (Fsp3) is 0.417. The Labute approximate surface area is 203 Å². The van der Waals surface area contributed by atoms with E-state index >= 15 is 0 Å². The molecule has 0 spiro atoms. The highest BCUT2D eigenvalue weighted by Crippen LogP contribution is 2.46. The number of hydrogen-bond acceptors (Lipinski definition) is 7. The van der Waals surface area contributed by atoms with Crippen molar-refractivity contribution in [3.05, 3.63) is 51.7 Å². The first-order chi connectivity index (χ1) is 14.8. The van der Waals surface area contributed by atoms with Crippen molar-refractivity contribution in [2.75, 3.05) is 11.5 Å². The normalized spacial score (nSPS) is 13.3. The van der Waals surface area contributed by atoms with Gasteiger partial charge in [-0.05, 0) is 22.5 Å². The summed E-state index contributed by atoms with van der Waals surface area (Å²) in [5.74, 6) is 0.0861. The summed E-state index contributed by atoms with van der Waals surface area (Å²) in [6.07, 6.45) is 3.22. The van der Waals surface area contributed by atoms with E-state index in [1.807, 2.05) is 30.3 Å². The maximum atomic E-state index is 13.0. The largest absolute Gasteiger partial charge is 0.282 e. The molecular formula is C24H29NO3S4. The minimum absolute atomic E-state index is 0.0899. The molecule has 0 radical (unpaired) electrons. The third-order valence-corrected chi connectivity index (χ3v) is 11.2. The van der Waals surface area contributed by atoms with Crippen molar-refractivity contribution in [1.82, 2.24) is 4.98 Å². The Bertz CT molecular complexity index is 1190. The molecule has 0 bridgehead atoms. The van der Waals surface area contributed by atoms with E-state index < -0.39 is 9.84 Å². The standard InChI is InChI=1S/C24H29NO3S4/c1-23(2,3)20-18-19(21(31-20)24(4,5)6)30-22(25-18)32(27,28)15-14-29-17(26)13-12-16-10-8-7-9-11-16/h7-13H,14-15H2,1-6H3/b13-12+. The van der Waals surface area contributed by atoms with Crippen LogP contribution in [0.15, 0.2) is 40.7 Å². The quantitative estimate of drug-likeness (QED) is 0.347. The number of thioether (sulfide) groups is 1. The van der Waals surface area contributed by atoms with Gasteiger partial charge in [0.05, 0.1) is 16.0 Å². The van der Waals surface area contributed by atoms with Crippen molar-refractivity contribution < 1.29 is 13.2 Å². The van der Waals surface area contributed by atoms with Crippen LogP contribution in [0.4, 0.5) is 0 Å². The number of benzene rings is 1. The Balaban J connectivity index is 1.77. The number of aromatic nitrogens is 1. The number of carbonyl (C=O) groups is 1. The SMILES string of the molecule is CC(C)(C)c1sc(C(C)(C)C)c2sc(S(=O)(=O)CCSC(=O)/C=C/c3ccccc3)nc12. The van der Waals surface area contributed by atoms with Crippen molar-refractivity contribution in [2.24, 2.45) is 0 Å². The second kappa shape index (κ2) is 9.41. The van der Waals surface area contributed by atoms with Gasteiger partial charge in [-0.2, -0.15) is 0 Å². The summed E-state index contributed by atoms with van der Waals surface area (Å²) in [5.41, 5.74) is 1.54. The highest BCUT2D eigenvalue weighted by Gasteiger charge is 2.31. The highest BCUT2D eigenvalue weighted by atomic mass is 32.2. The molecule has 0 aliphatic rings. The topological polar surface area (TPSA) is 64.1 Å². The molecule has 0 saturated carbocycles. The van der Waals surface area contributed by atoms with Gasteiger partial charge in [0.15, 0.2) is 0 Å². The maximum Gasteiger partial charge on any atom is 0.212 e. The van der Waals surface area contributed by atoms with Crippen LogP contribution in [0, 0.1) is 0 Å². The first-order valence-electron chi connectivity index (χ1n) is 10.4. The van der Waals surface area contributed by atoms with Gasteiger partial charge in [-0.15, -0.1) is 22.7 Å². The number of thiazole rings is 1. The van der Waals surface area contributed by atoms with E-state index in [-0.39, 0.29) is 31.8 Å². The summed E-state index contributed by atoms with van der Waals surface area (Å²) >= 11 is 4.01. The molecule has 0 N–H and O–H groups in total. The van der Waals surface area contributed by atoms with Crippen molar-refractivity contribution >= 4 is 65.7 Å². The van der Waals surface area contributed by atoms with Gasteiger partial charge in [0.1, 0.15) is 0 Å². The molecule has 0 aliphatic heterocycles. The average Bonchev–Trinajstić information content (AvgIpc) is 3.25. The van der Waals surface area contributed by atoms with Gasteiger partial charge in [0, 0.05) is 15.5 Å². The smallest absolute Gasteiger partial charge is 0.212 e. The fourth-order valence-corrected chi connectivity index (χ4v) is 8.56. The maximum absolute atomic E-state index is 13.0. The van der Waals surface area contributed by atoms with Crippen LogP contribution in [-0.2, 0) is 25.5 Å². The van der Waals surface area contributed by atoms with E-state index in [0.717, 1.165) is 32.4 Å². The molecule has 0 fully saturated rings. The summed E-state index contributed by atoms with van der Waals surface area (Å²) in [7, 11) is -3.56. The lowest BCUT2D eigenvalue weighted by Crippen LogP contribution is -2.11. The summed E-state index contributed by atoms with van der Waals surface area (Å²) < 4.78 is 27.1. The Morgan fingerprint density at radius 2 is 1.62 bits per heavy atom. The van der Waals surface area contributed by atoms with Gasteiger partial charge >= 0.3 is 0 Å². The van der Waals surface area contributed by atoms with Crippen LogP contribution in [0.3, 0.4) is 0 Å². The molecule has 2 heterocycles. The predicted octanol–water partition coefficient (Wildman–Crippen LogP) is 6.70. The Morgan fingerprint density at radius 1 is 1.00 bits per heavy atom. The number of carbonyl (C=O) groups excluding carboxylic acids is 1. The van der Waals surface area contributed by atoms with E-state index in [2.05, 4.69) is 46.5 Å². The van der Waals surface area contributed by atoms with Crippen LogP contribution >= 0.6 is 34.4 Å². The van der Waals surface area contributed by atoms with Gasteiger partial charge < -0.3 is 0 Å². The molecule has 0 amide bonds. The summed E-state index contributed by atoms with van der Waals surface area (Å²) in [5, 5.41) is -0.159. The van der Waals surface area contributed by atoms with E-state index in [4.69, 9.17) is 0 Å². The third-order valence-electron chi connectivity index (χ3n) is 4.67. The van der Waals surface area contributed by atoms with E-state index in [1.165, 1.54) is 22.3 Å². The molecule has 172 valence electrons. The molecule has 4 nitrogen and oxygen atoms in total. The van der Waals surface area contributed by atoms with E-state index in [9.17, 15) is 13.2 Å². The molecule has 8 heteroatoms. The van der Waals surface area contributed by atoms with Crippen molar-refractivity contribution in [2.45, 2.75) is 56.7 Å². The minimum atomic E-state index is -3.56. The first-order valence-corrected chi connectivity index (χ1v) is 14.6. The van der Waals surface area contributed by atoms with Gasteiger partial charge in [-0.3, -0.25) is 4.79 Å². The van der Waals surface area contributed by atoms with E-state index in [0.29, 0.717) is 0 Å². The molecule has 0 aliphatic carbocycles. The van der Waals surface area contributed by atoms with Gasteiger partial charge in [-0.1, -0.05) is 89.7 Å². The van der Waals surface area contributed by atoms with Crippen LogP contribution in [-0.4, -0.2) is 30.0 Å². The van der Waals surface area contributed by atoms with Crippen LogP contribution in [0.2, 0.25) is 0 Å². The van der Waals surface area contributed by atoms with Crippen LogP contribution in [0.5, 0.6) is 0 Å². The lowest BCUT2D eigenvalue weighted by atomic mass is 9.92. The van der Waals surface area contributed by atoms with Crippen LogP contribution < -0.4 is 0 Å². The molecule has 0 saturated heterocycles. The molecule has 2 aromatic heterocycles. The van der Waals surface area contributed by atoms with Gasteiger partial charge in [0.2, 0.25) is 19.3 Å². The Kier molecular flexibility index (Phi) is 7.39. The Hall–Kier alpha value is -1.48. The summed E-state index contributed by atoms with van der Waals surface area (Å²) in [4.78, 5) is 19.0. The van der Waals surface area contributed by atoms with Crippen LogP contribution in [0.1, 0.15) is 56.9 Å². The molecular weight excluding hydrogens is 479 g/mol. The monoisotopic (exact) mass is 507 g/mol. The molecule has 32 heavy (non-hydrogen) atoms. The number of sulfone groups is 1. The summed E-state index contributed by atoms with van der Waals surface area (Å²) in [6.45, 7) is 12.8. The number of rotatable bonds is 6. The first kappa shape index (κ1) is 25.1. The molecule has 1 aromatic carbocycles. The minimum Gasteiger partial charge on any atom is -0.282 e. The second-order valence-corrected chi connectivity index (χ2v) is 15.1. The number of thiophene rings is 1. The number of fused-ring (bicyclic) bond motifs is 1. The van der Waals surface area contributed by atoms with Gasteiger partial charge in [-0.25, -0.2) is 13.4 Å². The molecule has 3 aromatic rings. The van der Waals surface area contributed by atoms with Crippen molar-refractivity contribution in [3.8, 4) is 0 Å². The van der Waals surface area contributed by atoms with E-state index in [1.54, 1.807) is 17.4 Å². The van der Waals surface area contributed by atoms with Crippen molar-refractivity contribution in [1.29, 1.82) is 0 Å². The number of nitrogens with zero attached hydrogens (tertiary/aromatic N) is 1. The zero-order valence-corrected chi connectivity index (χ0v) is 22.5. The lowest BCUT2D eigenvalue weighted by molar-refractivity contribution is -0.106. The Morgan fingerprint density at radius 3 is 2.22 bits per heavy atom. The average molecular weight is 508 g/mol. The molecule has 0 atom stereocenters. The highest BCUT2D eigenvalue weighted by molar-refractivity contribution is 8.14.